The lowest BCUT2D eigenvalue weighted by Gasteiger charge is -2.33. The van der Waals surface area contributed by atoms with Crippen LogP contribution in [0.3, 0.4) is 0 Å². The summed E-state index contributed by atoms with van der Waals surface area (Å²) in [7, 11) is 1.72. The van der Waals surface area contributed by atoms with Crippen LogP contribution in [0.25, 0.3) is 0 Å². The van der Waals surface area contributed by atoms with Crippen molar-refractivity contribution in [2.75, 3.05) is 33.3 Å². The summed E-state index contributed by atoms with van der Waals surface area (Å²) in [5.74, 6) is 0.954. The molecular formula is C14H22N2O. The first kappa shape index (κ1) is 12.4. The van der Waals surface area contributed by atoms with Gasteiger partial charge in [0, 0.05) is 32.2 Å². The molecule has 1 aliphatic rings. The van der Waals surface area contributed by atoms with E-state index >= 15 is 0 Å². The van der Waals surface area contributed by atoms with E-state index in [-0.39, 0.29) is 0 Å². The predicted molar refractivity (Wildman–Crippen MR) is 70.6 cm³/mol. The van der Waals surface area contributed by atoms with Crippen LogP contribution in [-0.4, -0.2) is 44.2 Å². The summed E-state index contributed by atoms with van der Waals surface area (Å²) in [5, 5.41) is 3.42. The third-order valence-electron chi connectivity index (χ3n) is 3.46. The fourth-order valence-electron chi connectivity index (χ4n) is 2.32. The molecule has 0 saturated carbocycles. The van der Waals surface area contributed by atoms with Gasteiger partial charge >= 0.3 is 0 Å². The van der Waals surface area contributed by atoms with E-state index in [4.69, 9.17) is 4.74 Å². The Hall–Kier alpha value is -1.06. The quantitative estimate of drug-likeness (QED) is 0.855. The maximum atomic E-state index is 5.24. The number of nitrogens with zero attached hydrogens (tertiary/aromatic N) is 1. The topological polar surface area (TPSA) is 24.5 Å². The van der Waals surface area contributed by atoms with Crippen molar-refractivity contribution in [2.24, 2.45) is 0 Å². The van der Waals surface area contributed by atoms with Gasteiger partial charge in [-0.05, 0) is 31.0 Å². The number of methoxy groups -OCH3 is 1. The van der Waals surface area contributed by atoms with E-state index in [1.54, 1.807) is 7.11 Å². The molecule has 0 amide bonds. The minimum absolute atomic E-state index is 0.648. The van der Waals surface area contributed by atoms with Crippen LogP contribution >= 0.6 is 0 Å². The van der Waals surface area contributed by atoms with Gasteiger partial charge in [-0.2, -0.15) is 0 Å². The van der Waals surface area contributed by atoms with Crippen molar-refractivity contribution in [2.45, 2.75) is 19.4 Å². The molecule has 0 spiro atoms. The number of nitrogens with one attached hydrogen (secondary N) is 1. The van der Waals surface area contributed by atoms with Gasteiger partial charge in [0.15, 0.2) is 0 Å². The molecule has 1 aromatic carbocycles. The molecule has 1 aliphatic heterocycles. The van der Waals surface area contributed by atoms with Crippen LogP contribution in [0.5, 0.6) is 5.75 Å². The normalized spacial score (nSPS) is 21.4. The van der Waals surface area contributed by atoms with Gasteiger partial charge in [-0.3, -0.25) is 4.90 Å². The molecule has 1 fully saturated rings. The zero-order chi connectivity index (χ0) is 12.1. The molecule has 0 bridgehead atoms. The summed E-state index contributed by atoms with van der Waals surface area (Å²) in [6, 6.07) is 9.02. The van der Waals surface area contributed by atoms with E-state index in [1.165, 1.54) is 5.56 Å². The van der Waals surface area contributed by atoms with Crippen molar-refractivity contribution >= 4 is 0 Å². The zero-order valence-corrected chi connectivity index (χ0v) is 10.8. The monoisotopic (exact) mass is 234 g/mol. The molecule has 1 N–H and O–H groups in total. The first-order chi connectivity index (χ1) is 8.29. The summed E-state index contributed by atoms with van der Waals surface area (Å²) in [6.07, 6.45) is 1.10. The lowest BCUT2D eigenvalue weighted by molar-refractivity contribution is 0.176. The van der Waals surface area contributed by atoms with Crippen LogP contribution in [0.15, 0.2) is 24.3 Å². The van der Waals surface area contributed by atoms with Crippen molar-refractivity contribution in [1.82, 2.24) is 10.2 Å². The molecule has 2 rings (SSSR count). The molecule has 3 heteroatoms. The highest BCUT2D eigenvalue weighted by Crippen LogP contribution is 2.14. The second-order valence-electron chi connectivity index (χ2n) is 4.69. The fourth-order valence-corrected chi connectivity index (χ4v) is 2.32. The molecule has 1 aromatic rings. The first-order valence-electron chi connectivity index (χ1n) is 6.37. The predicted octanol–water partition coefficient (Wildman–Crippen LogP) is 1.53. The molecule has 1 heterocycles. The number of ether oxygens (including phenoxy) is 1. The molecule has 0 aromatic heterocycles. The SMILES string of the molecule is COc1cccc(CCN2CCNCC2C)c1. The summed E-state index contributed by atoms with van der Waals surface area (Å²) in [4.78, 5) is 2.55. The van der Waals surface area contributed by atoms with Crippen molar-refractivity contribution < 1.29 is 4.74 Å². The molecule has 1 unspecified atom stereocenters. The molecule has 17 heavy (non-hydrogen) atoms. The highest BCUT2D eigenvalue weighted by molar-refractivity contribution is 5.28. The first-order valence-corrected chi connectivity index (χ1v) is 6.37. The third kappa shape index (κ3) is 3.45. The van der Waals surface area contributed by atoms with Gasteiger partial charge in [-0.15, -0.1) is 0 Å². The van der Waals surface area contributed by atoms with Gasteiger partial charge in [0.1, 0.15) is 5.75 Å². The van der Waals surface area contributed by atoms with Crippen molar-refractivity contribution in [3.05, 3.63) is 29.8 Å². The second kappa shape index (κ2) is 6.03. The highest BCUT2D eigenvalue weighted by Gasteiger charge is 2.16. The van der Waals surface area contributed by atoms with E-state index in [9.17, 15) is 0 Å². The Bertz CT molecular complexity index is 354. The Morgan fingerprint density at radius 2 is 2.35 bits per heavy atom. The Balaban J connectivity index is 1.88. The van der Waals surface area contributed by atoms with E-state index < -0.39 is 0 Å². The summed E-state index contributed by atoms with van der Waals surface area (Å²) < 4.78 is 5.24. The molecule has 0 aliphatic carbocycles. The number of benzene rings is 1. The van der Waals surface area contributed by atoms with Crippen LogP contribution in [0.2, 0.25) is 0 Å². The summed E-state index contributed by atoms with van der Waals surface area (Å²) in [5.41, 5.74) is 1.36. The Labute approximate surface area is 104 Å². The third-order valence-corrected chi connectivity index (χ3v) is 3.46. The highest BCUT2D eigenvalue weighted by atomic mass is 16.5. The Kier molecular flexibility index (Phi) is 4.40. The van der Waals surface area contributed by atoms with Gasteiger partial charge in [-0.1, -0.05) is 12.1 Å². The van der Waals surface area contributed by atoms with Gasteiger partial charge in [-0.25, -0.2) is 0 Å². The number of hydrogen-bond acceptors (Lipinski definition) is 3. The minimum Gasteiger partial charge on any atom is -0.497 e. The van der Waals surface area contributed by atoms with Crippen molar-refractivity contribution in [3.8, 4) is 5.75 Å². The van der Waals surface area contributed by atoms with Crippen LogP contribution in [0.1, 0.15) is 12.5 Å². The molecule has 1 atom stereocenters. The summed E-state index contributed by atoms with van der Waals surface area (Å²) in [6.45, 7) is 6.81. The average Bonchev–Trinajstić information content (AvgIpc) is 2.38. The van der Waals surface area contributed by atoms with Gasteiger partial charge < -0.3 is 10.1 Å². The smallest absolute Gasteiger partial charge is 0.119 e. The standard InChI is InChI=1S/C14H22N2O/c1-12-11-15-7-9-16(12)8-6-13-4-3-5-14(10-13)17-2/h3-5,10,12,15H,6-9,11H2,1-2H3. The maximum Gasteiger partial charge on any atom is 0.119 e. The minimum atomic E-state index is 0.648. The largest absolute Gasteiger partial charge is 0.497 e. The molecule has 94 valence electrons. The van der Waals surface area contributed by atoms with Crippen LogP contribution < -0.4 is 10.1 Å². The van der Waals surface area contributed by atoms with Crippen LogP contribution in [0.4, 0.5) is 0 Å². The summed E-state index contributed by atoms with van der Waals surface area (Å²) >= 11 is 0. The van der Waals surface area contributed by atoms with E-state index in [0.717, 1.165) is 38.3 Å². The lowest BCUT2D eigenvalue weighted by Crippen LogP contribution is -2.50. The zero-order valence-electron chi connectivity index (χ0n) is 10.8. The molecule has 3 nitrogen and oxygen atoms in total. The lowest BCUT2D eigenvalue weighted by atomic mass is 10.1. The number of rotatable bonds is 4. The van der Waals surface area contributed by atoms with Crippen molar-refractivity contribution in [3.63, 3.8) is 0 Å². The van der Waals surface area contributed by atoms with Crippen LogP contribution in [0, 0.1) is 0 Å². The van der Waals surface area contributed by atoms with Crippen LogP contribution in [-0.2, 0) is 6.42 Å². The van der Waals surface area contributed by atoms with Crippen molar-refractivity contribution in [1.29, 1.82) is 0 Å². The van der Waals surface area contributed by atoms with E-state index in [1.807, 2.05) is 6.07 Å². The number of hydrogen-bond donors (Lipinski definition) is 1. The Morgan fingerprint density at radius 3 is 3.12 bits per heavy atom. The number of piperazine rings is 1. The second-order valence-corrected chi connectivity index (χ2v) is 4.69. The van der Waals surface area contributed by atoms with E-state index in [0.29, 0.717) is 6.04 Å². The Morgan fingerprint density at radius 1 is 1.47 bits per heavy atom. The fraction of sp³-hybridized carbons (Fsp3) is 0.571. The molecular weight excluding hydrogens is 212 g/mol. The maximum absolute atomic E-state index is 5.24. The molecule has 1 saturated heterocycles. The van der Waals surface area contributed by atoms with Gasteiger partial charge in [0.05, 0.1) is 7.11 Å². The molecule has 0 radical (unpaired) electrons. The van der Waals surface area contributed by atoms with E-state index in [2.05, 4.69) is 35.3 Å². The average molecular weight is 234 g/mol. The van der Waals surface area contributed by atoms with Gasteiger partial charge in [0.2, 0.25) is 0 Å². The van der Waals surface area contributed by atoms with Gasteiger partial charge in [0.25, 0.3) is 0 Å².